The Kier molecular flexibility index (Phi) is 6.37. The van der Waals surface area contributed by atoms with Gasteiger partial charge in [0.15, 0.2) is 0 Å². The van der Waals surface area contributed by atoms with Crippen LogP contribution in [0.15, 0.2) is 0 Å². The maximum Gasteiger partial charge on any atom is 0.0599 e. The van der Waals surface area contributed by atoms with E-state index in [0.29, 0.717) is 0 Å². The molecule has 0 unspecified atom stereocenters. The van der Waals surface area contributed by atoms with Gasteiger partial charge in [0.05, 0.1) is 12.2 Å². The summed E-state index contributed by atoms with van der Waals surface area (Å²) in [6.45, 7) is 9.30. The highest BCUT2D eigenvalue weighted by Gasteiger charge is 2.12. The molecule has 0 atom stereocenters. The predicted molar refractivity (Wildman–Crippen MR) is 69.8 cm³/mol. The first kappa shape index (κ1) is 14.0. The van der Waals surface area contributed by atoms with E-state index in [1.165, 1.54) is 38.5 Å². The molecule has 1 aliphatic carbocycles. The van der Waals surface area contributed by atoms with E-state index in [1.54, 1.807) is 0 Å². The van der Waals surface area contributed by atoms with Gasteiger partial charge in [0.1, 0.15) is 0 Å². The molecule has 0 spiro atoms. The van der Waals surface area contributed by atoms with Gasteiger partial charge in [-0.2, -0.15) is 0 Å². The Balaban J connectivity index is 1.87. The van der Waals surface area contributed by atoms with Crippen molar-refractivity contribution < 1.29 is 4.74 Å². The van der Waals surface area contributed by atoms with E-state index in [9.17, 15) is 0 Å². The van der Waals surface area contributed by atoms with Gasteiger partial charge in [0, 0.05) is 6.54 Å². The van der Waals surface area contributed by atoms with E-state index in [4.69, 9.17) is 4.74 Å². The van der Waals surface area contributed by atoms with Crippen LogP contribution < -0.4 is 5.32 Å². The average Bonchev–Trinajstić information content (AvgIpc) is 2.23. The van der Waals surface area contributed by atoms with Gasteiger partial charge in [0.2, 0.25) is 0 Å². The molecule has 96 valence electrons. The molecule has 0 amide bonds. The smallest absolute Gasteiger partial charge is 0.0599 e. The van der Waals surface area contributed by atoms with Crippen LogP contribution in [0.5, 0.6) is 0 Å². The first-order valence-corrected chi connectivity index (χ1v) is 6.92. The van der Waals surface area contributed by atoms with Crippen LogP contribution in [0.25, 0.3) is 0 Å². The maximum absolute atomic E-state index is 5.66. The zero-order chi connectivity index (χ0) is 11.9. The van der Waals surface area contributed by atoms with Crippen molar-refractivity contribution in [2.24, 2.45) is 5.92 Å². The summed E-state index contributed by atoms with van der Waals surface area (Å²) in [6.07, 6.45) is 8.65. The zero-order valence-corrected chi connectivity index (χ0v) is 11.3. The monoisotopic (exact) mass is 227 g/mol. The lowest BCUT2D eigenvalue weighted by Gasteiger charge is -2.22. The molecular weight excluding hydrogens is 198 g/mol. The van der Waals surface area contributed by atoms with Gasteiger partial charge < -0.3 is 10.1 Å². The summed E-state index contributed by atoms with van der Waals surface area (Å²) < 4.78 is 5.66. The molecule has 1 fully saturated rings. The van der Waals surface area contributed by atoms with Crippen molar-refractivity contribution in [2.75, 3.05) is 19.7 Å². The van der Waals surface area contributed by atoms with Gasteiger partial charge >= 0.3 is 0 Å². The molecule has 0 aromatic rings. The molecule has 0 radical (unpaired) electrons. The Labute approximate surface area is 101 Å². The first-order valence-electron chi connectivity index (χ1n) is 6.92. The van der Waals surface area contributed by atoms with E-state index in [2.05, 4.69) is 26.1 Å². The number of hydrogen-bond acceptors (Lipinski definition) is 2. The molecule has 0 heterocycles. The van der Waals surface area contributed by atoms with Crippen molar-refractivity contribution in [3.05, 3.63) is 0 Å². The topological polar surface area (TPSA) is 21.3 Å². The number of rotatable bonds is 6. The zero-order valence-electron chi connectivity index (χ0n) is 11.3. The van der Waals surface area contributed by atoms with Gasteiger partial charge in [-0.3, -0.25) is 0 Å². The van der Waals surface area contributed by atoms with Crippen molar-refractivity contribution in [2.45, 2.75) is 64.9 Å². The molecule has 1 aliphatic rings. The van der Waals surface area contributed by atoms with Crippen LogP contribution in [0, 0.1) is 5.92 Å². The first-order chi connectivity index (χ1) is 7.58. The minimum atomic E-state index is 0.00501. The lowest BCUT2D eigenvalue weighted by atomic mass is 9.87. The highest BCUT2D eigenvalue weighted by molar-refractivity contribution is 4.67. The van der Waals surface area contributed by atoms with Gasteiger partial charge in [-0.05, 0) is 39.7 Å². The SMILES string of the molecule is CC(C)(C)OCCNCCC1CCCCC1. The van der Waals surface area contributed by atoms with Gasteiger partial charge in [0.25, 0.3) is 0 Å². The van der Waals surface area contributed by atoms with Crippen LogP contribution in [0.4, 0.5) is 0 Å². The van der Waals surface area contributed by atoms with Crippen LogP contribution in [0.2, 0.25) is 0 Å². The third kappa shape index (κ3) is 7.24. The van der Waals surface area contributed by atoms with Crippen LogP contribution >= 0.6 is 0 Å². The molecule has 0 aromatic carbocycles. The molecule has 2 nitrogen and oxygen atoms in total. The highest BCUT2D eigenvalue weighted by Crippen LogP contribution is 2.25. The van der Waals surface area contributed by atoms with Crippen LogP contribution in [0.1, 0.15) is 59.3 Å². The maximum atomic E-state index is 5.66. The molecule has 1 saturated carbocycles. The van der Waals surface area contributed by atoms with Crippen LogP contribution in [0.3, 0.4) is 0 Å². The third-order valence-corrected chi connectivity index (χ3v) is 3.27. The Morgan fingerprint density at radius 1 is 1.06 bits per heavy atom. The summed E-state index contributed by atoms with van der Waals surface area (Å²) in [4.78, 5) is 0. The molecule has 16 heavy (non-hydrogen) atoms. The second kappa shape index (κ2) is 7.29. The summed E-state index contributed by atoms with van der Waals surface area (Å²) in [5.41, 5.74) is 0.00501. The van der Waals surface area contributed by atoms with Gasteiger partial charge in [-0.25, -0.2) is 0 Å². The second-order valence-corrected chi connectivity index (χ2v) is 6.00. The van der Waals surface area contributed by atoms with Crippen molar-refractivity contribution in [3.8, 4) is 0 Å². The van der Waals surface area contributed by atoms with E-state index in [-0.39, 0.29) is 5.60 Å². The highest BCUT2D eigenvalue weighted by atomic mass is 16.5. The largest absolute Gasteiger partial charge is 0.375 e. The van der Waals surface area contributed by atoms with Crippen molar-refractivity contribution in [1.29, 1.82) is 0 Å². The summed E-state index contributed by atoms with van der Waals surface area (Å²) in [6, 6.07) is 0. The molecule has 0 bridgehead atoms. The number of nitrogens with one attached hydrogen (secondary N) is 1. The molecule has 0 aliphatic heterocycles. The lowest BCUT2D eigenvalue weighted by molar-refractivity contribution is -0.000850. The lowest BCUT2D eigenvalue weighted by Crippen LogP contribution is -2.28. The van der Waals surface area contributed by atoms with E-state index >= 15 is 0 Å². The molecule has 1 N–H and O–H groups in total. The van der Waals surface area contributed by atoms with E-state index < -0.39 is 0 Å². The Morgan fingerprint density at radius 2 is 1.75 bits per heavy atom. The van der Waals surface area contributed by atoms with Gasteiger partial charge in [-0.15, -0.1) is 0 Å². The summed E-state index contributed by atoms with van der Waals surface area (Å²) in [7, 11) is 0. The molecule has 1 rings (SSSR count). The Morgan fingerprint density at radius 3 is 2.38 bits per heavy atom. The fourth-order valence-electron chi connectivity index (χ4n) is 2.34. The quantitative estimate of drug-likeness (QED) is 0.703. The second-order valence-electron chi connectivity index (χ2n) is 6.00. The molecular formula is C14H29NO. The summed E-state index contributed by atoms with van der Waals surface area (Å²) >= 11 is 0. The minimum absolute atomic E-state index is 0.00501. The number of ether oxygens (including phenoxy) is 1. The summed E-state index contributed by atoms with van der Waals surface area (Å²) in [5, 5.41) is 3.48. The van der Waals surface area contributed by atoms with Crippen molar-refractivity contribution >= 4 is 0 Å². The number of hydrogen-bond donors (Lipinski definition) is 1. The normalized spacial score (nSPS) is 18.9. The summed E-state index contributed by atoms with van der Waals surface area (Å²) in [5.74, 6) is 0.991. The minimum Gasteiger partial charge on any atom is -0.375 e. The Hall–Kier alpha value is -0.0800. The fourth-order valence-corrected chi connectivity index (χ4v) is 2.34. The van der Waals surface area contributed by atoms with E-state index in [0.717, 1.165) is 25.6 Å². The molecule has 0 saturated heterocycles. The molecule has 0 aromatic heterocycles. The average molecular weight is 227 g/mol. The van der Waals surface area contributed by atoms with E-state index in [1.807, 2.05) is 0 Å². The van der Waals surface area contributed by atoms with Crippen LogP contribution in [-0.4, -0.2) is 25.3 Å². The van der Waals surface area contributed by atoms with Gasteiger partial charge in [-0.1, -0.05) is 32.1 Å². The predicted octanol–water partition coefficient (Wildman–Crippen LogP) is 3.36. The Bertz CT molecular complexity index is 168. The standard InChI is InChI=1S/C14H29NO/c1-14(2,3)16-12-11-15-10-9-13-7-5-4-6-8-13/h13,15H,4-12H2,1-3H3. The third-order valence-electron chi connectivity index (χ3n) is 3.27. The van der Waals surface area contributed by atoms with Crippen LogP contribution in [-0.2, 0) is 4.74 Å². The van der Waals surface area contributed by atoms with Crippen molar-refractivity contribution in [3.63, 3.8) is 0 Å². The fraction of sp³-hybridized carbons (Fsp3) is 1.00. The van der Waals surface area contributed by atoms with Crippen molar-refractivity contribution in [1.82, 2.24) is 5.32 Å². The molecule has 2 heteroatoms.